The minimum Gasteiger partial charge on any atom is -0.434 e. The van der Waals surface area contributed by atoms with Crippen molar-refractivity contribution in [3.63, 3.8) is 0 Å². The molecule has 0 saturated heterocycles. The predicted molar refractivity (Wildman–Crippen MR) is 128 cm³/mol. The minimum atomic E-state index is -0.615. The van der Waals surface area contributed by atoms with Gasteiger partial charge in [0.05, 0.1) is 13.2 Å². The van der Waals surface area contributed by atoms with Crippen LogP contribution in [-0.2, 0) is 9.47 Å². The predicted octanol–water partition coefficient (Wildman–Crippen LogP) is 5.41. The first-order valence-corrected chi connectivity index (χ1v) is 11.4. The third kappa shape index (κ3) is 9.21. The fraction of sp³-hybridized carbons (Fsp3) is 0.957. The second kappa shape index (κ2) is 11.8. The van der Waals surface area contributed by atoms with E-state index in [0.29, 0.717) is 13.0 Å². The molecule has 0 rings (SSSR count). The summed E-state index contributed by atoms with van der Waals surface area (Å²) >= 11 is 0. The van der Waals surface area contributed by atoms with Crippen LogP contribution < -0.4 is 0 Å². The van der Waals surface area contributed by atoms with Gasteiger partial charge < -0.3 is 19.1 Å². The van der Waals surface area contributed by atoms with E-state index in [1.54, 1.807) is 0 Å². The highest BCUT2D eigenvalue weighted by Crippen LogP contribution is 2.29. The second-order valence-corrected chi connectivity index (χ2v) is 10.9. The molecule has 30 heavy (non-hydrogen) atoms. The molecule has 0 aliphatic heterocycles. The van der Waals surface area contributed by atoms with Crippen molar-refractivity contribution in [1.29, 1.82) is 0 Å². The van der Waals surface area contributed by atoms with Gasteiger partial charge in [-0.15, -0.1) is 0 Å². The maximum absolute atomic E-state index is 11.9. The summed E-state index contributed by atoms with van der Waals surface area (Å²) in [7, 11) is 12.7. The molecule has 0 aliphatic carbocycles. The maximum atomic E-state index is 11.9. The van der Waals surface area contributed by atoms with E-state index in [2.05, 4.69) is 69.2 Å². The standard InChI is InChI=1S/C23H46B2N2O3/c1-11-20(3,4)26(24)22(7,8)15-13-14-17-29-19(28)30-18-16-23(9,10)27(25)21(5,6)12-2/h11-18H2,1-10H3. The lowest BCUT2D eigenvalue weighted by molar-refractivity contribution is 0.0342. The molecule has 0 aromatic rings. The smallest absolute Gasteiger partial charge is 0.434 e. The lowest BCUT2D eigenvalue weighted by Gasteiger charge is -2.47. The molecule has 5 nitrogen and oxygen atoms in total. The largest absolute Gasteiger partial charge is 0.508 e. The highest BCUT2D eigenvalue weighted by atomic mass is 16.7. The molecule has 0 aromatic heterocycles. The van der Waals surface area contributed by atoms with E-state index in [0.717, 1.165) is 32.1 Å². The fourth-order valence-electron chi connectivity index (χ4n) is 3.46. The second-order valence-electron chi connectivity index (χ2n) is 10.9. The first-order chi connectivity index (χ1) is 13.5. The molecule has 0 spiro atoms. The number of ether oxygens (including phenoxy) is 2. The zero-order valence-corrected chi connectivity index (χ0v) is 21.4. The van der Waals surface area contributed by atoms with Gasteiger partial charge in [0.15, 0.2) is 16.0 Å². The number of hydrogen-bond donors (Lipinski definition) is 0. The lowest BCUT2D eigenvalue weighted by Crippen LogP contribution is -2.54. The van der Waals surface area contributed by atoms with E-state index in [-0.39, 0.29) is 28.8 Å². The molecule has 4 radical (unpaired) electrons. The van der Waals surface area contributed by atoms with Crippen molar-refractivity contribution < 1.29 is 14.3 Å². The molecule has 0 aromatic carbocycles. The Kier molecular flexibility index (Phi) is 11.5. The van der Waals surface area contributed by atoms with Gasteiger partial charge in [-0.2, -0.15) is 0 Å². The van der Waals surface area contributed by atoms with Crippen molar-refractivity contribution in [1.82, 2.24) is 9.62 Å². The van der Waals surface area contributed by atoms with E-state index in [4.69, 9.17) is 25.4 Å². The van der Waals surface area contributed by atoms with Crippen LogP contribution in [0.1, 0.15) is 108 Å². The van der Waals surface area contributed by atoms with Crippen LogP contribution in [0, 0.1) is 0 Å². The van der Waals surface area contributed by atoms with E-state index < -0.39 is 6.16 Å². The van der Waals surface area contributed by atoms with Crippen molar-refractivity contribution in [3.8, 4) is 0 Å². The molecule has 0 heterocycles. The molecule has 7 heteroatoms. The normalized spacial score (nSPS) is 13.7. The van der Waals surface area contributed by atoms with Crippen LogP contribution in [0.3, 0.4) is 0 Å². The Morgan fingerprint density at radius 2 is 1.07 bits per heavy atom. The third-order valence-electron chi connectivity index (χ3n) is 6.68. The number of unbranched alkanes of at least 4 members (excludes halogenated alkanes) is 1. The fourth-order valence-corrected chi connectivity index (χ4v) is 3.46. The SMILES string of the molecule is [B]N(C(C)(C)CC)C(C)(C)CCCCOC(=O)OCCC(C)(C)N([B])C(C)(C)CC. The van der Waals surface area contributed by atoms with Gasteiger partial charge >= 0.3 is 6.16 Å². The van der Waals surface area contributed by atoms with Crippen LogP contribution in [0.25, 0.3) is 0 Å². The molecule has 0 atom stereocenters. The summed E-state index contributed by atoms with van der Waals surface area (Å²) in [6, 6.07) is 0. The zero-order chi connectivity index (χ0) is 23.8. The Morgan fingerprint density at radius 1 is 0.667 bits per heavy atom. The molecular weight excluding hydrogens is 374 g/mol. The molecule has 0 fully saturated rings. The number of rotatable bonds is 14. The minimum absolute atomic E-state index is 0.0525. The summed E-state index contributed by atoms with van der Waals surface area (Å²) < 4.78 is 10.5. The highest BCUT2D eigenvalue weighted by Gasteiger charge is 2.33. The van der Waals surface area contributed by atoms with Gasteiger partial charge in [0.2, 0.25) is 0 Å². The molecule has 172 valence electrons. The van der Waals surface area contributed by atoms with Crippen LogP contribution in [0.15, 0.2) is 0 Å². The van der Waals surface area contributed by atoms with Gasteiger partial charge in [0, 0.05) is 22.2 Å². The Hall–Kier alpha value is -0.680. The Bertz CT molecular complexity index is 523. The van der Waals surface area contributed by atoms with Crippen LogP contribution in [0.4, 0.5) is 4.79 Å². The number of carbonyl (C=O) groups is 1. The quantitative estimate of drug-likeness (QED) is 0.214. The first kappa shape index (κ1) is 29.3. The van der Waals surface area contributed by atoms with Crippen LogP contribution >= 0.6 is 0 Å². The molecule has 0 aliphatic rings. The monoisotopic (exact) mass is 420 g/mol. The van der Waals surface area contributed by atoms with Crippen LogP contribution in [0.5, 0.6) is 0 Å². The average molecular weight is 420 g/mol. The first-order valence-electron chi connectivity index (χ1n) is 11.4. The van der Waals surface area contributed by atoms with E-state index in [1.807, 2.05) is 9.62 Å². The summed E-state index contributed by atoms with van der Waals surface area (Å²) in [5.74, 6) is 0. The lowest BCUT2D eigenvalue weighted by atomic mass is 9.84. The van der Waals surface area contributed by atoms with Gasteiger partial charge in [-0.3, -0.25) is 0 Å². The third-order valence-corrected chi connectivity index (χ3v) is 6.68. The van der Waals surface area contributed by atoms with Crippen molar-refractivity contribution in [2.24, 2.45) is 0 Å². The van der Waals surface area contributed by atoms with Crippen molar-refractivity contribution in [2.75, 3.05) is 13.2 Å². The molecule has 0 bridgehead atoms. The van der Waals surface area contributed by atoms with Crippen molar-refractivity contribution in [2.45, 2.75) is 130 Å². The van der Waals surface area contributed by atoms with E-state index >= 15 is 0 Å². The molecule has 0 saturated carbocycles. The maximum Gasteiger partial charge on any atom is 0.508 e. The van der Waals surface area contributed by atoms with Crippen molar-refractivity contribution >= 4 is 22.1 Å². The molecule has 0 N–H and O–H groups in total. The molecule has 0 amide bonds. The van der Waals surface area contributed by atoms with Gasteiger partial charge in [-0.05, 0) is 93.9 Å². The van der Waals surface area contributed by atoms with Gasteiger partial charge in [-0.25, -0.2) is 4.79 Å². The van der Waals surface area contributed by atoms with Gasteiger partial charge in [0.1, 0.15) is 0 Å². The average Bonchev–Trinajstić information content (AvgIpc) is 2.66. The zero-order valence-electron chi connectivity index (χ0n) is 21.4. The van der Waals surface area contributed by atoms with Crippen LogP contribution in [-0.4, -0.2) is 67.1 Å². The van der Waals surface area contributed by atoms with Gasteiger partial charge in [0.25, 0.3) is 0 Å². The summed E-state index contributed by atoms with van der Waals surface area (Å²) in [5.41, 5.74) is -0.579. The number of hydrogen-bond acceptors (Lipinski definition) is 5. The van der Waals surface area contributed by atoms with Crippen molar-refractivity contribution in [3.05, 3.63) is 0 Å². The Labute approximate surface area is 189 Å². The van der Waals surface area contributed by atoms with Crippen LogP contribution in [0.2, 0.25) is 0 Å². The topological polar surface area (TPSA) is 42.0 Å². The summed E-state index contributed by atoms with van der Waals surface area (Å²) in [5, 5.41) is 0. The van der Waals surface area contributed by atoms with E-state index in [9.17, 15) is 4.79 Å². The summed E-state index contributed by atoms with van der Waals surface area (Å²) in [6.45, 7) is 21.8. The summed E-state index contributed by atoms with van der Waals surface area (Å²) in [4.78, 5) is 15.7. The highest BCUT2D eigenvalue weighted by molar-refractivity contribution is 6.05. The summed E-state index contributed by atoms with van der Waals surface area (Å²) in [6.07, 6.45) is 4.58. The Morgan fingerprint density at radius 3 is 1.50 bits per heavy atom. The molecule has 0 unspecified atom stereocenters. The number of nitrogens with zero attached hydrogens (tertiary/aromatic N) is 2. The van der Waals surface area contributed by atoms with Gasteiger partial charge in [-0.1, -0.05) is 13.8 Å². The number of carbonyl (C=O) groups excluding carboxylic acids is 1. The Balaban J connectivity index is 4.20. The van der Waals surface area contributed by atoms with E-state index in [1.165, 1.54) is 0 Å². The molecular formula is C23H46B2N2O3.